The predicted octanol–water partition coefficient (Wildman–Crippen LogP) is 1.09. The van der Waals surface area contributed by atoms with Crippen molar-refractivity contribution in [3.05, 3.63) is 0 Å². The first-order chi connectivity index (χ1) is 11.6. The number of rotatable bonds is 5. The third kappa shape index (κ3) is 4.49. The Bertz CT molecular complexity index is 525. The van der Waals surface area contributed by atoms with Crippen LogP contribution in [0.2, 0.25) is 0 Å². The van der Waals surface area contributed by atoms with Gasteiger partial charge in [0.05, 0.1) is 5.25 Å². The van der Waals surface area contributed by atoms with Crippen LogP contribution in [0, 0.1) is 11.8 Å². The second-order valence-corrected chi connectivity index (χ2v) is 9.68. The van der Waals surface area contributed by atoms with Gasteiger partial charge in [0.1, 0.15) is 0 Å². The summed E-state index contributed by atoms with van der Waals surface area (Å²) < 4.78 is 28.1. The molecule has 24 heavy (non-hydrogen) atoms. The van der Waals surface area contributed by atoms with Gasteiger partial charge in [0.25, 0.3) is 0 Å². The van der Waals surface area contributed by atoms with E-state index in [0.717, 1.165) is 58.0 Å². The predicted molar refractivity (Wildman–Crippen MR) is 94.1 cm³/mol. The summed E-state index contributed by atoms with van der Waals surface area (Å²) in [5.41, 5.74) is 0. The van der Waals surface area contributed by atoms with Crippen molar-refractivity contribution in [3.8, 4) is 0 Å². The maximum absolute atomic E-state index is 12.6. The van der Waals surface area contributed by atoms with E-state index in [1.165, 1.54) is 0 Å². The van der Waals surface area contributed by atoms with Crippen molar-refractivity contribution in [2.45, 2.75) is 56.6 Å². The molecule has 0 aromatic heterocycles. The lowest BCUT2D eigenvalue weighted by molar-refractivity contribution is -0.136. The lowest BCUT2D eigenvalue weighted by Gasteiger charge is -2.34. The molecule has 2 aliphatic heterocycles. The van der Waals surface area contributed by atoms with Gasteiger partial charge in [-0.05, 0) is 57.5 Å². The van der Waals surface area contributed by atoms with Crippen LogP contribution < -0.4 is 10.0 Å². The number of amides is 1. The van der Waals surface area contributed by atoms with E-state index in [1.807, 2.05) is 4.90 Å². The average Bonchev–Trinajstić information content (AvgIpc) is 3.15. The van der Waals surface area contributed by atoms with Gasteiger partial charge >= 0.3 is 0 Å². The third-order valence-corrected chi connectivity index (χ3v) is 7.64. The number of sulfonamides is 1. The summed E-state index contributed by atoms with van der Waals surface area (Å²) in [5.74, 6) is 0.699. The number of nitrogens with zero attached hydrogens (tertiary/aromatic N) is 1. The SMILES string of the molecule is O=C(C1CCCC1)N1CCCC(S(=O)(=O)NCC2CCCNC2)C1. The number of carbonyl (C=O) groups is 1. The molecule has 3 aliphatic rings. The van der Waals surface area contributed by atoms with Gasteiger partial charge in [-0.2, -0.15) is 0 Å². The highest BCUT2D eigenvalue weighted by Crippen LogP contribution is 2.28. The van der Waals surface area contributed by atoms with Gasteiger partial charge in [-0.15, -0.1) is 0 Å². The fourth-order valence-corrected chi connectivity index (χ4v) is 5.83. The minimum atomic E-state index is -3.34. The van der Waals surface area contributed by atoms with E-state index in [0.29, 0.717) is 32.0 Å². The summed E-state index contributed by atoms with van der Waals surface area (Å²) in [5, 5.41) is 2.87. The first kappa shape index (κ1) is 18.1. The van der Waals surface area contributed by atoms with Crippen molar-refractivity contribution >= 4 is 15.9 Å². The Morgan fingerprint density at radius 3 is 2.58 bits per heavy atom. The zero-order valence-electron chi connectivity index (χ0n) is 14.5. The highest BCUT2D eigenvalue weighted by atomic mass is 32.2. The third-order valence-electron chi connectivity index (χ3n) is 5.81. The Kier molecular flexibility index (Phi) is 6.16. The molecule has 2 unspecified atom stereocenters. The standard InChI is InChI=1S/C17H31N3O3S/c21-17(15-6-1-2-7-15)20-10-4-8-16(13-20)24(22,23)19-12-14-5-3-9-18-11-14/h14-16,18-19H,1-13H2. The molecule has 3 rings (SSSR count). The van der Waals surface area contributed by atoms with Gasteiger partial charge in [-0.3, -0.25) is 4.79 Å². The maximum Gasteiger partial charge on any atom is 0.225 e. The topological polar surface area (TPSA) is 78.5 Å². The van der Waals surface area contributed by atoms with E-state index in [9.17, 15) is 13.2 Å². The first-order valence-corrected chi connectivity index (χ1v) is 11.1. The van der Waals surface area contributed by atoms with Gasteiger partial charge in [-0.25, -0.2) is 13.1 Å². The normalized spacial score (nSPS) is 29.8. The Hall–Kier alpha value is -0.660. The Morgan fingerprint density at radius 2 is 1.88 bits per heavy atom. The highest BCUT2D eigenvalue weighted by molar-refractivity contribution is 7.90. The molecule has 7 heteroatoms. The van der Waals surface area contributed by atoms with Crippen LogP contribution in [0.3, 0.4) is 0 Å². The van der Waals surface area contributed by atoms with Crippen LogP contribution in [-0.2, 0) is 14.8 Å². The lowest BCUT2D eigenvalue weighted by Crippen LogP contribution is -2.50. The fourth-order valence-electron chi connectivity index (χ4n) is 4.27. The van der Waals surface area contributed by atoms with Crippen molar-refractivity contribution in [1.29, 1.82) is 0 Å². The molecule has 3 fully saturated rings. The number of likely N-dealkylation sites (tertiary alicyclic amines) is 1. The second kappa shape index (κ2) is 8.15. The molecule has 0 radical (unpaired) electrons. The number of nitrogens with one attached hydrogen (secondary N) is 2. The van der Waals surface area contributed by atoms with E-state index in [4.69, 9.17) is 0 Å². The van der Waals surface area contributed by atoms with Crippen LogP contribution >= 0.6 is 0 Å². The first-order valence-electron chi connectivity index (χ1n) is 9.54. The van der Waals surface area contributed by atoms with Crippen LogP contribution in [0.1, 0.15) is 51.4 Å². The Morgan fingerprint density at radius 1 is 1.08 bits per heavy atom. The van der Waals surface area contributed by atoms with Crippen LogP contribution in [0.15, 0.2) is 0 Å². The summed E-state index contributed by atoms with van der Waals surface area (Å²) in [4.78, 5) is 14.4. The van der Waals surface area contributed by atoms with Crippen molar-refractivity contribution in [2.75, 3.05) is 32.7 Å². The highest BCUT2D eigenvalue weighted by Gasteiger charge is 2.35. The number of hydrogen-bond acceptors (Lipinski definition) is 4. The number of carbonyl (C=O) groups excluding carboxylic acids is 1. The monoisotopic (exact) mass is 357 g/mol. The van der Waals surface area contributed by atoms with Crippen LogP contribution in [0.4, 0.5) is 0 Å². The average molecular weight is 358 g/mol. The van der Waals surface area contributed by atoms with Gasteiger partial charge in [0.15, 0.2) is 0 Å². The summed E-state index contributed by atoms with van der Waals surface area (Å²) in [6.07, 6.45) is 7.83. The number of piperidine rings is 2. The van der Waals surface area contributed by atoms with Crippen molar-refractivity contribution in [2.24, 2.45) is 11.8 Å². The summed E-state index contributed by atoms with van der Waals surface area (Å²) >= 11 is 0. The molecule has 1 aliphatic carbocycles. The van der Waals surface area contributed by atoms with Crippen LogP contribution in [0.25, 0.3) is 0 Å². The largest absolute Gasteiger partial charge is 0.341 e. The number of hydrogen-bond donors (Lipinski definition) is 2. The summed E-state index contributed by atoms with van der Waals surface area (Å²) in [7, 11) is -3.34. The molecular formula is C17H31N3O3S. The second-order valence-electron chi connectivity index (χ2n) is 7.64. The molecule has 0 spiro atoms. The van der Waals surface area contributed by atoms with Crippen molar-refractivity contribution in [3.63, 3.8) is 0 Å². The zero-order chi connectivity index (χ0) is 17.0. The smallest absolute Gasteiger partial charge is 0.225 e. The molecule has 6 nitrogen and oxygen atoms in total. The maximum atomic E-state index is 12.6. The van der Waals surface area contributed by atoms with Crippen molar-refractivity contribution in [1.82, 2.24) is 14.9 Å². The van der Waals surface area contributed by atoms with Gasteiger partial charge in [0.2, 0.25) is 15.9 Å². The van der Waals surface area contributed by atoms with E-state index in [2.05, 4.69) is 10.0 Å². The molecule has 0 aromatic carbocycles. The van der Waals surface area contributed by atoms with Gasteiger partial charge in [0, 0.05) is 25.6 Å². The molecule has 2 heterocycles. The molecule has 2 N–H and O–H groups in total. The molecule has 0 aromatic rings. The minimum Gasteiger partial charge on any atom is -0.341 e. The summed E-state index contributed by atoms with van der Waals surface area (Å²) in [6, 6.07) is 0. The molecule has 2 saturated heterocycles. The van der Waals surface area contributed by atoms with Gasteiger partial charge in [-0.1, -0.05) is 12.8 Å². The molecule has 2 atom stereocenters. The van der Waals surface area contributed by atoms with Crippen LogP contribution in [-0.4, -0.2) is 57.2 Å². The molecule has 1 saturated carbocycles. The lowest BCUT2D eigenvalue weighted by atomic mass is 10.0. The molecular weight excluding hydrogens is 326 g/mol. The van der Waals surface area contributed by atoms with E-state index >= 15 is 0 Å². The zero-order valence-corrected chi connectivity index (χ0v) is 15.3. The Labute approximate surface area is 145 Å². The fraction of sp³-hybridized carbons (Fsp3) is 0.941. The Balaban J connectivity index is 1.53. The quantitative estimate of drug-likeness (QED) is 0.772. The molecule has 1 amide bonds. The van der Waals surface area contributed by atoms with Gasteiger partial charge < -0.3 is 10.2 Å². The molecule has 138 valence electrons. The van der Waals surface area contributed by atoms with Crippen molar-refractivity contribution < 1.29 is 13.2 Å². The van der Waals surface area contributed by atoms with E-state index < -0.39 is 15.3 Å². The van der Waals surface area contributed by atoms with E-state index in [-0.39, 0.29) is 11.8 Å². The van der Waals surface area contributed by atoms with Crippen LogP contribution in [0.5, 0.6) is 0 Å². The summed E-state index contributed by atoms with van der Waals surface area (Å²) in [6.45, 7) is 3.52. The molecule has 0 bridgehead atoms. The van der Waals surface area contributed by atoms with E-state index in [1.54, 1.807) is 0 Å². The minimum absolute atomic E-state index is 0.132.